The van der Waals surface area contributed by atoms with E-state index in [4.69, 9.17) is 25.6 Å². The van der Waals surface area contributed by atoms with E-state index in [-0.39, 0.29) is 30.4 Å². The van der Waals surface area contributed by atoms with Crippen LogP contribution in [-0.4, -0.2) is 211 Å². The number of hydrogen-bond acceptors (Lipinski definition) is 22. The van der Waals surface area contributed by atoms with E-state index in [9.17, 15) is 54.9 Å². The molecule has 4 aromatic carbocycles. The molecule has 6 amide bonds. The molecule has 0 aliphatic carbocycles. The number of rotatable bonds is 14. The van der Waals surface area contributed by atoms with Gasteiger partial charge in [0.25, 0.3) is 0 Å². The van der Waals surface area contributed by atoms with Crippen molar-refractivity contribution in [3.8, 4) is 0 Å². The summed E-state index contributed by atoms with van der Waals surface area (Å²) < 4.78 is 12.0. The Morgan fingerprint density at radius 2 is 1.28 bits per heavy atom. The number of ether oxygens (including phenoxy) is 1. The Bertz CT molecular complexity index is 3270. The number of aliphatic hydroxyl groups excluding tert-OH is 7. The van der Waals surface area contributed by atoms with Crippen LogP contribution in [0.5, 0.6) is 0 Å². The van der Waals surface area contributed by atoms with Crippen LogP contribution in [0, 0.1) is 0 Å². The van der Waals surface area contributed by atoms with Crippen LogP contribution in [0.15, 0.2) is 124 Å². The fourth-order valence-electron chi connectivity index (χ4n) is 10.6. The van der Waals surface area contributed by atoms with Crippen molar-refractivity contribution < 1.29 is 73.7 Å². The van der Waals surface area contributed by atoms with Gasteiger partial charge in [-0.3, -0.25) is 38.8 Å². The number of hydrogen-bond donors (Lipinski definition) is 16. The molecule has 5 heterocycles. The molecule has 0 radical (unpaired) electrons. The Kier molecular flexibility index (Phi) is 19.1. The molecule has 450 valence electrons. The lowest BCUT2D eigenvalue weighted by molar-refractivity contribution is -0.260. The first-order chi connectivity index (χ1) is 40.8. The van der Waals surface area contributed by atoms with Crippen LogP contribution in [0.3, 0.4) is 0 Å². The van der Waals surface area contributed by atoms with Gasteiger partial charge in [-0.2, -0.15) is 0 Å². The molecule has 28 nitrogen and oxygen atoms in total. The number of carbonyl (C=O) groups excluding carboxylic acids is 6. The van der Waals surface area contributed by atoms with Gasteiger partial charge in [-0.15, -0.1) is 0 Å². The Balaban J connectivity index is 1.10. The topological polar surface area (TPSA) is 443 Å². The van der Waals surface area contributed by atoms with E-state index in [1.165, 1.54) is 0 Å². The van der Waals surface area contributed by atoms with Gasteiger partial charge >= 0.3 is 0 Å². The molecule has 18 N–H and O–H groups in total. The van der Waals surface area contributed by atoms with Crippen molar-refractivity contribution in [1.82, 2.24) is 47.1 Å². The Hall–Kier alpha value is -8.87. The standard InChI is InChI=1S/C57H67N13O15/c1-27(29-11-5-2-6-12-29)42-52(81)64-34(19-28-17-18-33-38(20-28)84-41(63-33)21-32(30-13-7-3-8-14-30)31-15-9-4-10-16-31)51(80)68-43(45(74)35-22-61-56(58)66-35)54(83)69-44(53(82)65-36(25-71)50(79)60-24-40(73)67-42)46(75)37-23-62-57(59)70(37)55-49(78)48(77)47(76)39(26-72)85-55/h2-18,20-21,27,34-37,39,42-49,55,71-72,74-78H,19,22-26H2,1H3,(H2,59,62)(H,60,79)(H,64,81)(H,65,82)(H,67,73)(H,68,80)(H,69,83)(H3,58,61,66)/t27-,34+,35-,36-,37-,39+,42-,43-,44+,45+,46-,47+,48-,49-,55-/m0/s1. The molecule has 2 fully saturated rings. The van der Waals surface area contributed by atoms with Crippen molar-refractivity contribution in [1.29, 1.82) is 0 Å². The zero-order valence-corrected chi connectivity index (χ0v) is 45.7. The summed E-state index contributed by atoms with van der Waals surface area (Å²) >= 11 is 0. The van der Waals surface area contributed by atoms with E-state index < -0.39 is 159 Å². The first kappa shape index (κ1) is 60.7. The number of benzene rings is 4. The highest BCUT2D eigenvalue weighted by Gasteiger charge is 2.52. The number of amides is 6. The minimum atomic E-state index is -2.28. The molecule has 9 rings (SSSR count). The van der Waals surface area contributed by atoms with Crippen LogP contribution in [0.1, 0.15) is 41.0 Å². The Labute approximate surface area is 485 Å². The molecule has 0 unspecified atom stereocenters. The van der Waals surface area contributed by atoms with Crippen LogP contribution in [0.4, 0.5) is 0 Å². The van der Waals surface area contributed by atoms with Gasteiger partial charge in [-0.05, 0) is 40.0 Å². The molecule has 85 heavy (non-hydrogen) atoms. The van der Waals surface area contributed by atoms with Crippen LogP contribution in [0.2, 0.25) is 0 Å². The van der Waals surface area contributed by atoms with Gasteiger partial charge in [-0.25, -0.2) is 4.98 Å². The lowest BCUT2D eigenvalue weighted by atomic mass is 9.92. The molecule has 2 saturated heterocycles. The van der Waals surface area contributed by atoms with E-state index in [0.717, 1.165) is 21.6 Å². The molecule has 4 aliphatic rings. The Morgan fingerprint density at radius 1 is 0.671 bits per heavy atom. The largest absolute Gasteiger partial charge is 0.437 e. The first-order valence-corrected chi connectivity index (χ1v) is 27.3. The van der Waals surface area contributed by atoms with Gasteiger partial charge in [0, 0.05) is 18.4 Å². The van der Waals surface area contributed by atoms with Crippen LogP contribution >= 0.6 is 0 Å². The van der Waals surface area contributed by atoms with Crippen molar-refractivity contribution in [2.75, 3.05) is 32.8 Å². The van der Waals surface area contributed by atoms with Crippen molar-refractivity contribution in [2.45, 2.75) is 104 Å². The predicted molar refractivity (Wildman–Crippen MR) is 303 cm³/mol. The second-order valence-corrected chi connectivity index (χ2v) is 20.9. The smallest absolute Gasteiger partial charge is 0.246 e. The number of carbonyl (C=O) groups is 6. The zero-order chi connectivity index (χ0) is 60.6. The van der Waals surface area contributed by atoms with E-state index in [0.29, 0.717) is 16.6 Å². The predicted octanol–water partition coefficient (Wildman–Crippen LogP) is -4.88. The second kappa shape index (κ2) is 26.8. The van der Waals surface area contributed by atoms with E-state index in [2.05, 4.69) is 47.2 Å². The summed E-state index contributed by atoms with van der Waals surface area (Å²) in [5, 5.41) is 94.8. The normalized spacial score (nSPS) is 28.4. The second-order valence-electron chi connectivity index (χ2n) is 20.9. The van der Waals surface area contributed by atoms with Crippen LogP contribution in [0.25, 0.3) is 22.7 Å². The number of nitrogens with one attached hydrogen (secondary N) is 7. The minimum Gasteiger partial charge on any atom is -0.437 e. The molecule has 4 aliphatic heterocycles. The summed E-state index contributed by atoms with van der Waals surface area (Å²) in [5.74, 6) is -8.00. The van der Waals surface area contributed by atoms with E-state index in [1.54, 1.807) is 61.5 Å². The van der Waals surface area contributed by atoms with Crippen LogP contribution in [-0.2, 0) is 39.9 Å². The highest BCUT2D eigenvalue weighted by molar-refractivity contribution is 5.99. The molecular formula is C57H67N13O15. The molecule has 0 spiro atoms. The highest BCUT2D eigenvalue weighted by atomic mass is 16.6. The van der Waals surface area contributed by atoms with Crippen LogP contribution < -0.4 is 48.7 Å². The summed E-state index contributed by atoms with van der Waals surface area (Å²) in [6.07, 6.45) is -11.8. The molecule has 0 bridgehead atoms. The number of nitrogens with two attached hydrogens (primary N) is 2. The zero-order valence-electron chi connectivity index (χ0n) is 45.7. The third-order valence-corrected chi connectivity index (χ3v) is 15.3. The lowest BCUT2D eigenvalue weighted by Crippen LogP contribution is -2.70. The number of aliphatic imine (C=N–C) groups is 2. The third kappa shape index (κ3) is 13.7. The first-order valence-electron chi connectivity index (χ1n) is 27.3. The third-order valence-electron chi connectivity index (χ3n) is 15.3. The number of aliphatic hydroxyl groups is 7. The quantitative estimate of drug-likeness (QED) is 0.0496. The van der Waals surface area contributed by atoms with Crippen molar-refractivity contribution in [3.05, 3.63) is 137 Å². The molecule has 5 aromatic rings. The maximum Gasteiger partial charge on any atom is 0.246 e. The number of guanidine groups is 2. The van der Waals surface area contributed by atoms with Gasteiger partial charge < -0.3 is 98.5 Å². The lowest BCUT2D eigenvalue weighted by Gasteiger charge is -2.46. The monoisotopic (exact) mass is 1170 g/mol. The van der Waals surface area contributed by atoms with Crippen molar-refractivity contribution in [3.63, 3.8) is 0 Å². The SMILES string of the molecule is C[C@@H](c1ccccc1)[C@@H]1NC(=O)CNC(=O)[C@H](CO)NC(=O)[C@@H]([C@@H](O)[C@@H]2CN=C(N)N2[C@H]2O[C@H](CO)[C@@H](O)[C@H](O)[C@@H]2O)NC(=O)[C@H]([C@H](O)[C@@H]2CN=C(N)N2)NC(=O)[C@@H](Cc2ccc3nc(C=C(c4ccccc4)c4ccccc4)oc3c2)NC1=O. The average Bonchev–Trinajstić information content (AvgIpc) is 3.42. The van der Waals surface area contributed by atoms with Gasteiger partial charge in [-0.1, -0.05) is 104 Å². The van der Waals surface area contributed by atoms with Gasteiger partial charge in [0.2, 0.25) is 41.3 Å². The molecule has 28 heteroatoms. The fraction of sp³-hybridized carbons (Fsp3) is 0.386. The number of nitrogens with zero attached hydrogens (tertiary/aromatic N) is 4. The number of aromatic nitrogens is 1. The fourth-order valence-corrected chi connectivity index (χ4v) is 10.6. The summed E-state index contributed by atoms with van der Waals surface area (Å²) in [4.78, 5) is 101. The van der Waals surface area contributed by atoms with Gasteiger partial charge in [0.05, 0.1) is 44.9 Å². The van der Waals surface area contributed by atoms with E-state index >= 15 is 9.59 Å². The highest BCUT2D eigenvalue weighted by Crippen LogP contribution is 2.31. The van der Waals surface area contributed by atoms with Gasteiger partial charge in [0.15, 0.2) is 23.7 Å². The van der Waals surface area contributed by atoms with E-state index in [1.807, 2.05) is 60.7 Å². The average molecular weight is 1170 g/mol. The summed E-state index contributed by atoms with van der Waals surface area (Å²) in [7, 11) is 0. The summed E-state index contributed by atoms with van der Waals surface area (Å²) in [6.45, 7) is -1.93. The molecule has 0 saturated carbocycles. The van der Waals surface area contributed by atoms with Crippen molar-refractivity contribution in [2.24, 2.45) is 21.5 Å². The Morgan fingerprint density at radius 3 is 1.92 bits per heavy atom. The summed E-state index contributed by atoms with van der Waals surface area (Å²) in [5.41, 5.74) is 16.4. The number of fused-ring (bicyclic) bond motifs is 1. The maximum absolute atomic E-state index is 15.2. The van der Waals surface area contributed by atoms with Crippen molar-refractivity contribution >= 4 is 70.1 Å². The molecule has 15 atom stereocenters. The molecular weight excluding hydrogens is 1110 g/mol. The number of oxazole rings is 1. The van der Waals surface area contributed by atoms with Gasteiger partial charge in [0.1, 0.15) is 72.3 Å². The molecule has 1 aromatic heterocycles. The maximum atomic E-state index is 15.2. The summed E-state index contributed by atoms with van der Waals surface area (Å²) in [6, 6.07) is 20.4. The minimum absolute atomic E-state index is 0.146.